The zero-order chi connectivity index (χ0) is 21.8. The fourth-order valence-electron chi connectivity index (χ4n) is 3.58. The Bertz CT molecular complexity index is 1060. The van der Waals surface area contributed by atoms with Crippen LogP contribution in [0.4, 0.5) is 10.1 Å². The van der Waals surface area contributed by atoms with Crippen LogP contribution in [-0.2, 0) is 11.3 Å². The molecule has 1 unspecified atom stereocenters. The van der Waals surface area contributed by atoms with Crippen molar-refractivity contribution in [2.24, 2.45) is 5.92 Å². The van der Waals surface area contributed by atoms with Crippen LogP contribution in [0.3, 0.4) is 0 Å². The Labute approximate surface area is 180 Å². The second kappa shape index (κ2) is 9.30. The minimum Gasteiger partial charge on any atom is -0.384 e. The van der Waals surface area contributed by atoms with Gasteiger partial charge in [0.15, 0.2) is 0 Å². The molecule has 1 aromatic carbocycles. The summed E-state index contributed by atoms with van der Waals surface area (Å²) < 4.78 is 13.5. The quantitative estimate of drug-likeness (QED) is 0.576. The largest absolute Gasteiger partial charge is 0.384 e. The number of halogens is 2. The number of fused-ring (bicyclic) bond motifs is 1. The van der Waals surface area contributed by atoms with Gasteiger partial charge < -0.3 is 15.2 Å². The number of H-pyrrole nitrogens is 1. The van der Waals surface area contributed by atoms with Crippen LogP contribution in [-0.4, -0.2) is 22.4 Å². The van der Waals surface area contributed by atoms with Crippen molar-refractivity contribution < 1.29 is 9.18 Å². The molecular weight excluding hydrogens is 403 g/mol. The van der Waals surface area contributed by atoms with Crippen molar-refractivity contribution in [2.45, 2.75) is 33.7 Å². The molecule has 1 fully saturated rings. The van der Waals surface area contributed by atoms with Crippen LogP contribution in [0, 0.1) is 18.7 Å². The van der Waals surface area contributed by atoms with E-state index in [0.29, 0.717) is 35.8 Å². The number of aromatic amines is 1. The van der Waals surface area contributed by atoms with Crippen molar-refractivity contribution in [3.05, 3.63) is 70.9 Å². The van der Waals surface area contributed by atoms with Gasteiger partial charge in [-0.05, 0) is 48.7 Å². The lowest BCUT2D eigenvalue weighted by atomic mass is 10.0. The molecule has 0 saturated carbocycles. The number of aromatic nitrogens is 2. The number of nitrogens with one attached hydrogen (secondary N) is 2. The average Bonchev–Trinajstić information content (AvgIpc) is 3.29. The maximum absolute atomic E-state index is 13.5. The van der Waals surface area contributed by atoms with E-state index < -0.39 is 0 Å². The maximum Gasteiger partial charge on any atom is 0.236 e. The summed E-state index contributed by atoms with van der Waals surface area (Å²) in [4.78, 5) is 22.2. The van der Waals surface area contributed by atoms with Gasteiger partial charge in [0.25, 0.3) is 0 Å². The van der Waals surface area contributed by atoms with E-state index in [2.05, 4.69) is 21.9 Å². The van der Waals surface area contributed by atoms with E-state index in [1.807, 2.05) is 33.0 Å². The fraction of sp³-hybridized carbons (Fsp3) is 0.304. The van der Waals surface area contributed by atoms with E-state index in [9.17, 15) is 9.18 Å². The lowest BCUT2D eigenvalue weighted by Gasteiger charge is -2.18. The van der Waals surface area contributed by atoms with E-state index in [0.717, 1.165) is 22.3 Å². The van der Waals surface area contributed by atoms with Gasteiger partial charge in [0.05, 0.1) is 17.8 Å². The summed E-state index contributed by atoms with van der Waals surface area (Å²) in [5, 5.41) is 4.49. The van der Waals surface area contributed by atoms with Crippen LogP contribution in [0.5, 0.6) is 0 Å². The molecule has 2 N–H and O–H groups in total. The van der Waals surface area contributed by atoms with Crippen molar-refractivity contribution in [1.29, 1.82) is 0 Å². The van der Waals surface area contributed by atoms with Crippen molar-refractivity contribution in [2.75, 3.05) is 11.4 Å². The Hall–Kier alpha value is -2.86. The maximum atomic E-state index is 13.5. The molecule has 5 nitrogen and oxygen atoms in total. The van der Waals surface area contributed by atoms with Gasteiger partial charge in [0, 0.05) is 35.4 Å². The molecule has 7 heteroatoms. The zero-order valence-corrected chi connectivity index (χ0v) is 18.2. The number of nitrogens with zero attached hydrogens (tertiary/aromatic N) is 2. The molecule has 0 bridgehead atoms. The van der Waals surface area contributed by atoms with Crippen LogP contribution < -0.4 is 10.2 Å². The molecule has 2 aromatic heterocycles. The summed E-state index contributed by atoms with van der Waals surface area (Å²) in [5.74, 6) is -0.725. The fourth-order valence-corrected chi connectivity index (χ4v) is 3.83. The second-order valence-electron chi connectivity index (χ2n) is 7.05. The van der Waals surface area contributed by atoms with Crippen molar-refractivity contribution in [3.8, 4) is 0 Å². The lowest BCUT2D eigenvalue weighted by molar-refractivity contribution is -0.119. The highest BCUT2D eigenvalue weighted by Crippen LogP contribution is 2.30. The molecule has 0 spiro atoms. The van der Waals surface area contributed by atoms with Gasteiger partial charge in [-0.3, -0.25) is 4.79 Å². The molecule has 1 atom stereocenters. The average molecular weight is 429 g/mol. The monoisotopic (exact) mass is 428 g/mol. The molecule has 4 rings (SSSR count). The molecule has 1 amide bonds. The highest BCUT2D eigenvalue weighted by molar-refractivity contribution is 6.30. The van der Waals surface area contributed by atoms with E-state index in [-0.39, 0.29) is 17.6 Å². The van der Waals surface area contributed by atoms with Crippen LogP contribution in [0.25, 0.3) is 11.0 Å². The van der Waals surface area contributed by atoms with E-state index >= 15 is 0 Å². The summed E-state index contributed by atoms with van der Waals surface area (Å²) >= 11 is 5.89. The first-order valence-electron chi connectivity index (χ1n) is 10.0. The molecule has 158 valence electrons. The van der Waals surface area contributed by atoms with E-state index in [1.165, 1.54) is 12.1 Å². The number of hydrogen-bond acceptors (Lipinski definition) is 3. The Morgan fingerprint density at radius 3 is 2.87 bits per heavy atom. The van der Waals surface area contributed by atoms with Crippen LogP contribution in [0.1, 0.15) is 31.4 Å². The van der Waals surface area contributed by atoms with Gasteiger partial charge in [0.2, 0.25) is 5.91 Å². The summed E-state index contributed by atoms with van der Waals surface area (Å²) in [6, 6.07) is 6.34. The second-order valence-corrected chi connectivity index (χ2v) is 7.49. The van der Waals surface area contributed by atoms with Gasteiger partial charge in [-0.1, -0.05) is 32.0 Å². The van der Waals surface area contributed by atoms with Crippen LogP contribution in [0.2, 0.25) is 5.02 Å². The first-order chi connectivity index (χ1) is 14.4. The SMILES string of the molecule is C=C(NCc1cc(F)cc(Cl)c1)C1CCN(c2cnc3[nH]cc(C)c3c2)C1=O.CC. The van der Waals surface area contributed by atoms with Crippen LogP contribution >= 0.6 is 11.6 Å². The molecule has 0 aliphatic carbocycles. The number of hydrogen-bond donors (Lipinski definition) is 2. The number of carbonyl (C=O) groups is 1. The number of carbonyl (C=O) groups excluding carboxylic acids is 1. The molecule has 1 aliphatic heterocycles. The Balaban J connectivity index is 0.00000124. The highest BCUT2D eigenvalue weighted by Gasteiger charge is 2.34. The van der Waals surface area contributed by atoms with Gasteiger partial charge in [-0.2, -0.15) is 0 Å². The normalized spacial score (nSPS) is 15.8. The summed E-state index contributed by atoms with van der Waals surface area (Å²) in [5.41, 5.74) is 4.01. The summed E-state index contributed by atoms with van der Waals surface area (Å²) in [6.45, 7) is 11.0. The zero-order valence-electron chi connectivity index (χ0n) is 17.4. The highest BCUT2D eigenvalue weighted by atomic mass is 35.5. The van der Waals surface area contributed by atoms with E-state index in [1.54, 1.807) is 17.2 Å². The number of pyridine rings is 1. The standard InChI is InChI=1S/C21H20ClFN4O.C2H6/c1-12-9-25-20-19(12)8-17(11-26-20)27-4-3-18(21(27)28)13(2)24-10-14-5-15(22)7-16(23)6-14;1-2/h5-9,11,18,24H,2-4,10H2,1H3,(H,25,26);1-2H3. The molecule has 30 heavy (non-hydrogen) atoms. The minimum absolute atomic E-state index is 0.0101. The molecule has 3 heterocycles. The third-order valence-electron chi connectivity index (χ3n) is 5.10. The topological polar surface area (TPSA) is 61.0 Å². The molecule has 0 radical (unpaired) electrons. The van der Waals surface area contributed by atoms with E-state index in [4.69, 9.17) is 11.6 Å². The molecule has 1 saturated heterocycles. The Morgan fingerprint density at radius 1 is 1.37 bits per heavy atom. The van der Waals surface area contributed by atoms with Crippen molar-refractivity contribution >= 4 is 34.2 Å². The Kier molecular flexibility index (Phi) is 6.77. The first-order valence-corrected chi connectivity index (χ1v) is 10.4. The van der Waals surface area contributed by atoms with Gasteiger partial charge in [-0.25, -0.2) is 9.37 Å². The van der Waals surface area contributed by atoms with Crippen molar-refractivity contribution in [3.63, 3.8) is 0 Å². The minimum atomic E-state index is -0.388. The summed E-state index contributed by atoms with van der Waals surface area (Å²) in [6.07, 6.45) is 4.28. The Morgan fingerprint density at radius 2 is 2.13 bits per heavy atom. The number of benzene rings is 1. The predicted octanol–water partition coefficient (Wildman–Crippen LogP) is 5.35. The molecular formula is C23H26ClFN4O. The van der Waals surface area contributed by atoms with Gasteiger partial charge >= 0.3 is 0 Å². The lowest BCUT2D eigenvalue weighted by Crippen LogP contribution is -2.30. The third kappa shape index (κ3) is 4.49. The molecule has 1 aliphatic rings. The number of anilines is 1. The summed E-state index contributed by atoms with van der Waals surface area (Å²) in [7, 11) is 0. The first kappa shape index (κ1) is 21.8. The number of aryl methyl sites for hydroxylation is 1. The molecule has 3 aromatic rings. The van der Waals surface area contributed by atoms with Gasteiger partial charge in [-0.15, -0.1) is 0 Å². The smallest absolute Gasteiger partial charge is 0.236 e. The third-order valence-corrected chi connectivity index (χ3v) is 5.32. The number of rotatable bonds is 5. The van der Waals surface area contributed by atoms with Crippen LogP contribution in [0.15, 0.2) is 48.9 Å². The predicted molar refractivity (Wildman–Crippen MR) is 120 cm³/mol. The van der Waals surface area contributed by atoms with Gasteiger partial charge in [0.1, 0.15) is 11.5 Å². The number of amides is 1. The van der Waals surface area contributed by atoms with Crippen molar-refractivity contribution in [1.82, 2.24) is 15.3 Å².